The number of imide groups is 1. The van der Waals surface area contributed by atoms with Gasteiger partial charge in [0.05, 0.1) is 30.4 Å². The van der Waals surface area contributed by atoms with Crippen molar-refractivity contribution in [2.75, 3.05) is 82.9 Å². The van der Waals surface area contributed by atoms with Crippen molar-refractivity contribution in [3.8, 4) is 22.6 Å². The van der Waals surface area contributed by atoms with Crippen molar-refractivity contribution in [2.24, 2.45) is 13.0 Å². The minimum atomic E-state index is -0.693. The molecule has 2 aromatic heterocycles. The summed E-state index contributed by atoms with van der Waals surface area (Å²) in [5.41, 5.74) is 5.42. The Morgan fingerprint density at radius 2 is 1.53 bits per heavy atom. The van der Waals surface area contributed by atoms with Crippen LogP contribution in [-0.4, -0.2) is 126 Å². The molecule has 15 heteroatoms. The molecule has 0 bridgehead atoms. The van der Waals surface area contributed by atoms with Crippen molar-refractivity contribution >= 4 is 52.6 Å². The molecule has 0 aliphatic carbocycles. The average Bonchev–Trinajstić information content (AvgIpc) is 3.57. The number of aryl methyl sites for hydroxylation is 1. The summed E-state index contributed by atoms with van der Waals surface area (Å²) in [6.07, 6.45) is 8.37. The van der Waals surface area contributed by atoms with Gasteiger partial charge < -0.3 is 33.6 Å². The quantitative estimate of drug-likeness (QED) is 0.169. The first kappa shape index (κ1) is 40.3. The first-order valence-electron chi connectivity index (χ1n) is 21.2. The summed E-state index contributed by atoms with van der Waals surface area (Å²) in [5, 5.41) is 3.21. The lowest BCUT2D eigenvalue weighted by molar-refractivity contribution is -0.136. The summed E-state index contributed by atoms with van der Waals surface area (Å²) >= 11 is 4.31. The lowest BCUT2D eigenvalue weighted by atomic mass is 9.92. The van der Waals surface area contributed by atoms with Gasteiger partial charge in [-0.3, -0.25) is 29.4 Å². The lowest BCUT2D eigenvalue weighted by Gasteiger charge is -2.37. The first-order chi connectivity index (χ1) is 29.1. The maximum Gasteiger partial charge on any atom is 0.259 e. The molecule has 4 fully saturated rings. The van der Waals surface area contributed by atoms with E-state index >= 15 is 0 Å². The number of carbonyl (C=O) groups is 3. The maximum atomic E-state index is 13.5. The highest BCUT2D eigenvalue weighted by atomic mass is 32.1. The molecule has 7 heterocycles. The molecule has 2 unspecified atom stereocenters. The predicted octanol–water partition coefficient (Wildman–Crippen LogP) is 3.92. The van der Waals surface area contributed by atoms with Gasteiger partial charge in [-0.1, -0.05) is 6.07 Å². The van der Waals surface area contributed by atoms with Gasteiger partial charge in [0.2, 0.25) is 11.8 Å². The molecule has 4 saturated heterocycles. The number of rotatable bonds is 11. The number of thiol groups is 1. The Bertz CT molecular complexity index is 2360. The Morgan fingerprint density at radius 3 is 2.22 bits per heavy atom. The van der Waals surface area contributed by atoms with Crippen LogP contribution in [0.3, 0.4) is 0 Å². The van der Waals surface area contributed by atoms with Crippen LogP contribution < -0.4 is 30.1 Å². The smallest absolute Gasteiger partial charge is 0.259 e. The maximum absolute atomic E-state index is 13.5. The van der Waals surface area contributed by atoms with Gasteiger partial charge in [-0.25, -0.2) is 4.98 Å². The molecule has 9 rings (SSSR count). The van der Waals surface area contributed by atoms with Gasteiger partial charge in [0, 0.05) is 107 Å². The third kappa shape index (κ3) is 7.71. The third-order valence-electron chi connectivity index (χ3n) is 13.4. The van der Waals surface area contributed by atoms with E-state index in [0.717, 1.165) is 135 Å². The van der Waals surface area contributed by atoms with Gasteiger partial charge in [0.15, 0.2) is 0 Å². The average molecular weight is 835 g/mol. The number of hydrogen-bond acceptors (Lipinski definition) is 12. The second-order valence-corrected chi connectivity index (χ2v) is 17.6. The van der Waals surface area contributed by atoms with Gasteiger partial charge in [-0.2, -0.15) is 12.6 Å². The van der Waals surface area contributed by atoms with Crippen molar-refractivity contribution in [3.05, 3.63) is 75.8 Å². The number of amides is 3. The Morgan fingerprint density at radius 1 is 0.817 bits per heavy atom. The number of methoxy groups -OCH3 is 2. The Hall–Kier alpha value is -5.12. The lowest BCUT2D eigenvalue weighted by Crippen LogP contribution is -2.56. The number of aromatic nitrogens is 2. The number of nitrogens with one attached hydrogen (secondary N) is 1. The Labute approximate surface area is 355 Å². The number of pyridine rings is 2. The SMILES string of the molecule is COc1cc(-c2cn(C)c(=O)c3cnc(N4CCC4)cc23)cc(OC)c1CN1CCN(CCC2CCN(c3ccc4c(c3)C(=O)N(C3CC(S)C(=O)NC3=O)C4)CC2)CC1. The highest BCUT2D eigenvalue weighted by Crippen LogP contribution is 2.39. The molecule has 316 valence electrons. The van der Waals surface area contributed by atoms with Crippen LogP contribution in [0.4, 0.5) is 11.5 Å². The van der Waals surface area contributed by atoms with Gasteiger partial charge in [0.1, 0.15) is 23.4 Å². The molecular weight excluding hydrogens is 781 g/mol. The molecule has 0 radical (unpaired) electrons. The number of ether oxygens (including phenoxy) is 2. The summed E-state index contributed by atoms with van der Waals surface area (Å²) in [5.74, 6) is 2.09. The standard InChI is InChI=1S/C45H54N8O6S/c1-48-26-35(33-22-41(52-10-4-11-52)46-24-34(33)44(48)56)30-19-38(58-2)36(39(20-30)59-3)27-50-17-15-49(16-18-50)12-7-28-8-13-51(14-9-28)31-6-5-29-25-53(45(57)32(29)21-31)37-23-40(60)43(55)47-42(37)54/h5-6,19-22,24,26,28,37,40,60H,4,7-18,23,25,27H2,1-3H3,(H,47,54,55). The van der Waals surface area contributed by atoms with E-state index in [4.69, 9.17) is 9.47 Å². The van der Waals surface area contributed by atoms with Crippen molar-refractivity contribution < 1.29 is 23.9 Å². The Balaban J connectivity index is 0.781. The number of nitrogens with zero attached hydrogens (tertiary/aromatic N) is 7. The number of carbonyl (C=O) groups excluding carboxylic acids is 3. The summed E-state index contributed by atoms with van der Waals surface area (Å²) in [4.78, 5) is 66.9. The number of hydrogen-bond donors (Lipinski definition) is 2. The van der Waals surface area contributed by atoms with Crippen LogP contribution in [0, 0.1) is 5.92 Å². The molecule has 5 aliphatic rings. The molecule has 0 saturated carbocycles. The fraction of sp³-hybridized carbons (Fsp3) is 0.489. The van der Waals surface area contributed by atoms with Crippen molar-refractivity contribution in [1.82, 2.24) is 29.6 Å². The minimum Gasteiger partial charge on any atom is -0.496 e. The van der Waals surface area contributed by atoms with Crippen LogP contribution in [0.5, 0.6) is 11.5 Å². The molecule has 0 spiro atoms. The largest absolute Gasteiger partial charge is 0.496 e. The zero-order valence-electron chi connectivity index (χ0n) is 34.7. The van der Waals surface area contributed by atoms with E-state index in [9.17, 15) is 19.2 Å². The van der Waals surface area contributed by atoms with Crippen LogP contribution >= 0.6 is 12.6 Å². The van der Waals surface area contributed by atoms with Crippen LogP contribution in [0.2, 0.25) is 0 Å². The molecule has 2 aromatic carbocycles. The van der Waals surface area contributed by atoms with E-state index in [2.05, 4.69) is 60.7 Å². The predicted molar refractivity (Wildman–Crippen MR) is 234 cm³/mol. The topological polar surface area (TPSA) is 133 Å². The number of fused-ring (bicyclic) bond motifs is 2. The van der Waals surface area contributed by atoms with E-state index in [1.54, 1.807) is 36.9 Å². The third-order valence-corrected chi connectivity index (χ3v) is 13.9. The zero-order chi connectivity index (χ0) is 41.7. The first-order valence-corrected chi connectivity index (χ1v) is 21.8. The fourth-order valence-electron chi connectivity index (χ4n) is 9.57. The molecule has 1 N–H and O–H groups in total. The highest BCUT2D eigenvalue weighted by Gasteiger charge is 2.42. The van der Waals surface area contributed by atoms with Crippen LogP contribution in [0.25, 0.3) is 21.9 Å². The van der Waals surface area contributed by atoms with Gasteiger partial charge in [0.25, 0.3) is 11.5 Å². The molecular formula is C45H54N8O6S. The zero-order valence-corrected chi connectivity index (χ0v) is 35.6. The van der Waals surface area contributed by atoms with Crippen LogP contribution in [0.1, 0.15) is 53.6 Å². The summed E-state index contributed by atoms with van der Waals surface area (Å²) < 4.78 is 13.7. The number of benzene rings is 2. The van der Waals surface area contributed by atoms with E-state index in [1.807, 2.05) is 24.4 Å². The fourth-order valence-corrected chi connectivity index (χ4v) is 9.84. The molecule has 14 nitrogen and oxygen atoms in total. The molecule has 2 atom stereocenters. The van der Waals surface area contributed by atoms with Crippen molar-refractivity contribution in [1.29, 1.82) is 0 Å². The molecule has 5 aliphatic heterocycles. The van der Waals surface area contributed by atoms with Crippen LogP contribution in [0.15, 0.2) is 53.6 Å². The van der Waals surface area contributed by atoms with Gasteiger partial charge in [-0.15, -0.1) is 0 Å². The van der Waals surface area contributed by atoms with Gasteiger partial charge >= 0.3 is 0 Å². The van der Waals surface area contributed by atoms with Crippen LogP contribution in [-0.2, 0) is 29.7 Å². The summed E-state index contributed by atoms with van der Waals surface area (Å²) in [7, 11) is 5.19. The van der Waals surface area contributed by atoms with E-state index in [-0.39, 0.29) is 17.9 Å². The molecule has 4 aromatic rings. The number of anilines is 2. The second kappa shape index (κ2) is 16.7. The van der Waals surface area contributed by atoms with E-state index < -0.39 is 23.1 Å². The van der Waals surface area contributed by atoms with E-state index in [0.29, 0.717) is 23.4 Å². The van der Waals surface area contributed by atoms with Crippen molar-refractivity contribution in [2.45, 2.75) is 56.5 Å². The number of piperidine rings is 2. The minimum absolute atomic E-state index is 0.0705. The monoisotopic (exact) mass is 834 g/mol. The number of piperazine rings is 1. The van der Waals surface area contributed by atoms with Crippen molar-refractivity contribution in [3.63, 3.8) is 0 Å². The normalized spacial score (nSPS) is 21.7. The van der Waals surface area contributed by atoms with E-state index in [1.165, 1.54) is 6.42 Å². The summed E-state index contributed by atoms with van der Waals surface area (Å²) in [6, 6.07) is 11.6. The molecule has 3 amide bonds. The second-order valence-electron chi connectivity index (χ2n) is 17.0. The van der Waals surface area contributed by atoms with Gasteiger partial charge in [-0.05, 0) is 86.0 Å². The summed E-state index contributed by atoms with van der Waals surface area (Å²) in [6.45, 7) is 9.93. The highest BCUT2D eigenvalue weighted by molar-refractivity contribution is 7.81. The molecule has 60 heavy (non-hydrogen) atoms. The Kier molecular flexibility index (Phi) is 11.2.